The average Bonchev–Trinajstić information content (AvgIpc) is 2.56. The summed E-state index contributed by atoms with van der Waals surface area (Å²) < 4.78 is 0. The van der Waals surface area contributed by atoms with Crippen molar-refractivity contribution in [3.8, 4) is 0 Å². The molecule has 1 aliphatic heterocycles. The van der Waals surface area contributed by atoms with E-state index in [1.165, 1.54) is 24.8 Å². The SMILES string of the molecule is O=C(O)C1CC=C(c2ccccc2)C=C1CN1CCCCC1. The first-order valence-corrected chi connectivity index (χ1v) is 8.15. The van der Waals surface area contributed by atoms with Gasteiger partial charge in [0.25, 0.3) is 0 Å². The third-order valence-electron chi connectivity index (χ3n) is 4.62. The number of rotatable bonds is 4. The minimum absolute atomic E-state index is 0.366. The molecule has 2 aliphatic rings. The summed E-state index contributed by atoms with van der Waals surface area (Å²) >= 11 is 0. The van der Waals surface area contributed by atoms with E-state index in [0.717, 1.165) is 30.8 Å². The van der Waals surface area contributed by atoms with Crippen LogP contribution in [-0.4, -0.2) is 35.6 Å². The molecule has 1 saturated heterocycles. The molecule has 116 valence electrons. The van der Waals surface area contributed by atoms with E-state index in [2.05, 4.69) is 29.2 Å². The molecule has 3 rings (SSSR count). The number of carbonyl (C=O) groups is 1. The smallest absolute Gasteiger partial charge is 0.311 e. The van der Waals surface area contributed by atoms with E-state index >= 15 is 0 Å². The quantitative estimate of drug-likeness (QED) is 0.923. The first-order chi connectivity index (χ1) is 10.7. The summed E-state index contributed by atoms with van der Waals surface area (Å²) in [4.78, 5) is 14.0. The molecular formula is C19H23NO2. The van der Waals surface area contributed by atoms with Gasteiger partial charge in [0.1, 0.15) is 0 Å². The van der Waals surface area contributed by atoms with Gasteiger partial charge in [-0.3, -0.25) is 9.69 Å². The lowest BCUT2D eigenvalue weighted by molar-refractivity contribution is -0.140. The highest BCUT2D eigenvalue weighted by molar-refractivity contribution is 5.82. The number of piperidine rings is 1. The van der Waals surface area contributed by atoms with Gasteiger partial charge in [-0.2, -0.15) is 0 Å². The second kappa shape index (κ2) is 6.93. The van der Waals surface area contributed by atoms with Gasteiger partial charge in [-0.1, -0.05) is 48.9 Å². The normalized spacial score (nSPS) is 22.8. The summed E-state index contributed by atoms with van der Waals surface area (Å²) in [6.07, 6.45) is 8.52. The van der Waals surface area contributed by atoms with Gasteiger partial charge in [-0.25, -0.2) is 0 Å². The molecule has 1 aromatic rings. The van der Waals surface area contributed by atoms with E-state index in [-0.39, 0.29) is 5.92 Å². The Morgan fingerprint density at radius 1 is 1.14 bits per heavy atom. The number of carboxylic acid groups (broad SMARTS) is 1. The van der Waals surface area contributed by atoms with Gasteiger partial charge in [0, 0.05) is 6.54 Å². The summed E-state index contributed by atoms with van der Waals surface area (Å²) in [6.45, 7) is 2.98. The highest BCUT2D eigenvalue weighted by Crippen LogP contribution is 2.30. The molecule has 0 spiro atoms. The van der Waals surface area contributed by atoms with Gasteiger partial charge in [0.15, 0.2) is 0 Å². The maximum atomic E-state index is 11.6. The van der Waals surface area contributed by atoms with Crippen molar-refractivity contribution in [1.82, 2.24) is 4.90 Å². The summed E-state index contributed by atoms with van der Waals surface area (Å²) in [6, 6.07) is 10.2. The molecule has 1 N–H and O–H groups in total. The molecule has 0 bridgehead atoms. The average molecular weight is 297 g/mol. The number of aliphatic carboxylic acids is 1. The van der Waals surface area contributed by atoms with Crippen molar-refractivity contribution in [2.24, 2.45) is 5.92 Å². The number of hydrogen-bond acceptors (Lipinski definition) is 2. The third-order valence-corrected chi connectivity index (χ3v) is 4.62. The third kappa shape index (κ3) is 3.47. The largest absolute Gasteiger partial charge is 0.481 e. The molecule has 1 fully saturated rings. The molecule has 3 heteroatoms. The topological polar surface area (TPSA) is 40.5 Å². The minimum atomic E-state index is -0.702. The number of carboxylic acids is 1. The molecule has 1 heterocycles. The lowest BCUT2D eigenvalue weighted by atomic mass is 9.85. The van der Waals surface area contributed by atoms with Crippen LogP contribution in [0.1, 0.15) is 31.2 Å². The Kier molecular flexibility index (Phi) is 4.74. The van der Waals surface area contributed by atoms with E-state index in [0.29, 0.717) is 6.42 Å². The van der Waals surface area contributed by atoms with Gasteiger partial charge < -0.3 is 5.11 Å². The van der Waals surface area contributed by atoms with Crippen molar-refractivity contribution in [3.05, 3.63) is 53.6 Å². The van der Waals surface area contributed by atoms with Crippen LogP contribution in [0.5, 0.6) is 0 Å². The van der Waals surface area contributed by atoms with Crippen molar-refractivity contribution in [3.63, 3.8) is 0 Å². The van der Waals surface area contributed by atoms with Crippen molar-refractivity contribution in [1.29, 1.82) is 0 Å². The zero-order chi connectivity index (χ0) is 15.4. The number of allylic oxidation sites excluding steroid dienone is 3. The number of likely N-dealkylation sites (tertiary alicyclic amines) is 1. The fourth-order valence-electron chi connectivity index (χ4n) is 3.38. The monoisotopic (exact) mass is 297 g/mol. The molecule has 0 saturated carbocycles. The van der Waals surface area contributed by atoms with Crippen molar-refractivity contribution >= 4 is 11.5 Å². The fraction of sp³-hybridized carbons (Fsp3) is 0.421. The predicted molar refractivity (Wildman–Crippen MR) is 88.5 cm³/mol. The number of hydrogen-bond donors (Lipinski definition) is 1. The lowest BCUT2D eigenvalue weighted by Crippen LogP contribution is -2.34. The summed E-state index contributed by atoms with van der Waals surface area (Å²) in [5, 5.41) is 9.51. The highest BCUT2D eigenvalue weighted by Gasteiger charge is 2.26. The number of nitrogens with zero attached hydrogens (tertiary/aromatic N) is 1. The van der Waals surface area contributed by atoms with Gasteiger partial charge in [-0.15, -0.1) is 0 Å². The van der Waals surface area contributed by atoms with Gasteiger partial charge in [0.05, 0.1) is 5.92 Å². The molecule has 3 nitrogen and oxygen atoms in total. The highest BCUT2D eigenvalue weighted by atomic mass is 16.4. The van der Waals surface area contributed by atoms with Crippen LogP contribution in [0.25, 0.3) is 5.57 Å². The second-order valence-corrected chi connectivity index (χ2v) is 6.21. The van der Waals surface area contributed by atoms with Gasteiger partial charge in [0.2, 0.25) is 0 Å². The van der Waals surface area contributed by atoms with Crippen LogP contribution < -0.4 is 0 Å². The Hall–Kier alpha value is -1.87. The zero-order valence-corrected chi connectivity index (χ0v) is 12.9. The Morgan fingerprint density at radius 3 is 2.55 bits per heavy atom. The molecule has 0 radical (unpaired) electrons. The van der Waals surface area contributed by atoms with Gasteiger partial charge >= 0.3 is 5.97 Å². The van der Waals surface area contributed by atoms with E-state index < -0.39 is 5.97 Å². The Bertz CT molecular complexity index is 583. The molecule has 22 heavy (non-hydrogen) atoms. The first-order valence-electron chi connectivity index (χ1n) is 8.15. The first kappa shape index (κ1) is 15.0. The maximum Gasteiger partial charge on any atom is 0.311 e. The Balaban J connectivity index is 1.81. The molecule has 1 unspecified atom stereocenters. The van der Waals surface area contributed by atoms with E-state index in [1.807, 2.05) is 18.2 Å². The maximum absolute atomic E-state index is 11.6. The van der Waals surface area contributed by atoms with Crippen molar-refractivity contribution in [2.75, 3.05) is 19.6 Å². The van der Waals surface area contributed by atoms with Crippen LogP contribution in [0.15, 0.2) is 48.1 Å². The lowest BCUT2D eigenvalue weighted by Gasteiger charge is -2.30. The van der Waals surface area contributed by atoms with Crippen LogP contribution in [0, 0.1) is 5.92 Å². The van der Waals surface area contributed by atoms with E-state index in [9.17, 15) is 9.90 Å². The van der Waals surface area contributed by atoms with E-state index in [4.69, 9.17) is 0 Å². The number of benzene rings is 1. The van der Waals surface area contributed by atoms with E-state index in [1.54, 1.807) is 0 Å². The Labute approximate surface area is 132 Å². The van der Waals surface area contributed by atoms with Crippen LogP contribution in [-0.2, 0) is 4.79 Å². The van der Waals surface area contributed by atoms with Crippen molar-refractivity contribution in [2.45, 2.75) is 25.7 Å². The molecule has 1 atom stereocenters. The fourth-order valence-corrected chi connectivity index (χ4v) is 3.38. The zero-order valence-electron chi connectivity index (χ0n) is 12.9. The Morgan fingerprint density at radius 2 is 1.86 bits per heavy atom. The molecule has 0 aromatic heterocycles. The van der Waals surface area contributed by atoms with Crippen LogP contribution in [0.3, 0.4) is 0 Å². The second-order valence-electron chi connectivity index (χ2n) is 6.21. The molecule has 0 amide bonds. The molecule has 1 aromatic carbocycles. The summed E-state index contributed by atoms with van der Waals surface area (Å²) in [5.41, 5.74) is 3.38. The van der Waals surface area contributed by atoms with Crippen LogP contribution >= 0.6 is 0 Å². The predicted octanol–water partition coefficient (Wildman–Crippen LogP) is 3.59. The standard InChI is InChI=1S/C19H23NO2/c21-19(22)18-10-9-16(15-7-3-1-4-8-15)13-17(18)14-20-11-5-2-6-12-20/h1,3-4,7-9,13,18H,2,5-6,10-12,14H2,(H,21,22). The summed E-state index contributed by atoms with van der Waals surface area (Å²) in [5.74, 6) is -1.07. The van der Waals surface area contributed by atoms with Crippen molar-refractivity contribution < 1.29 is 9.90 Å². The molecule has 1 aliphatic carbocycles. The minimum Gasteiger partial charge on any atom is -0.481 e. The van der Waals surface area contributed by atoms with Gasteiger partial charge in [-0.05, 0) is 49.1 Å². The van der Waals surface area contributed by atoms with Crippen LogP contribution in [0.2, 0.25) is 0 Å². The summed E-state index contributed by atoms with van der Waals surface area (Å²) in [7, 11) is 0. The molecular weight excluding hydrogens is 274 g/mol. The van der Waals surface area contributed by atoms with Crippen LogP contribution in [0.4, 0.5) is 0 Å².